The van der Waals surface area contributed by atoms with E-state index in [9.17, 15) is 4.79 Å². The number of carbonyl (C=O) groups is 1. The molecular weight excluding hydrogens is 340 g/mol. The highest BCUT2D eigenvalue weighted by Crippen LogP contribution is 2.28. The van der Waals surface area contributed by atoms with E-state index >= 15 is 0 Å². The van der Waals surface area contributed by atoms with Gasteiger partial charge in [-0.15, -0.1) is 0 Å². The van der Waals surface area contributed by atoms with Crippen LogP contribution in [0.4, 0.5) is 5.69 Å². The highest BCUT2D eigenvalue weighted by Gasteiger charge is 2.14. The Morgan fingerprint density at radius 3 is 2.44 bits per heavy atom. The zero-order chi connectivity index (χ0) is 20.0. The highest BCUT2D eigenvalue weighted by molar-refractivity contribution is 5.93. The summed E-state index contributed by atoms with van der Waals surface area (Å²) < 4.78 is 10.6. The van der Waals surface area contributed by atoms with Gasteiger partial charge in [-0.05, 0) is 48.7 Å². The third-order valence-corrected chi connectivity index (χ3v) is 4.51. The summed E-state index contributed by atoms with van der Waals surface area (Å²) >= 11 is 0. The zero-order valence-corrected chi connectivity index (χ0v) is 17.1. The van der Waals surface area contributed by atoms with Gasteiger partial charge >= 0.3 is 0 Å². The fourth-order valence-electron chi connectivity index (χ4n) is 3.11. The van der Waals surface area contributed by atoms with Crippen molar-refractivity contribution < 1.29 is 14.3 Å². The molecule has 0 bridgehead atoms. The second-order valence-electron chi connectivity index (χ2n) is 7.10. The van der Waals surface area contributed by atoms with Crippen molar-refractivity contribution in [1.82, 2.24) is 4.90 Å². The van der Waals surface area contributed by atoms with E-state index in [-0.39, 0.29) is 5.91 Å². The fraction of sp³-hybridized carbons (Fsp3) is 0.409. The third kappa shape index (κ3) is 5.47. The van der Waals surface area contributed by atoms with Crippen molar-refractivity contribution >= 4 is 11.6 Å². The van der Waals surface area contributed by atoms with Crippen LogP contribution in [0.3, 0.4) is 0 Å². The van der Waals surface area contributed by atoms with Crippen LogP contribution in [0, 0.1) is 6.92 Å². The number of ether oxygens (including phenoxy) is 2. The molecular formula is C22H30N2O3. The van der Waals surface area contributed by atoms with Crippen LogP contribution < -0.4 is 14.8 Å². The van der Waals surface area contributed by atoms with E-state index < -0.39 is 0 Å². The molecule has 0 aliphatic heterocycles. The molecule has 0 aliphatic rings. The van der Waals surface area contributed by atoms with Gasteiger partial charge in [0.2, 0.25) is 5.91 Å². The molecule has 0 atom stereocenters. The average molecular weight is 370 g/mol. The lowest BCUT2D eigenvalue weighted by Crippen LogP contribution is -2.30. The number of benzene rings is 2. The number of anilines is 1. The first kappa shape index (κ1) is 20.8. The monoisotopic (exact) mass is 370 g/mol. The van der Waals surface area contributed by atoms with Gasteiger partial charge in [0.15, 0.2) is 11.5 Å². The molecule has 5 heteroatoms. The molecule has 0 radical (unpaired) electrons. The number of hydrogen-bond acceptors (Lipinski definition) is 4. The van der Waals surface area contributed by atoms with Crippen LogP contribution in [0.1, 0.15) is 36.5 Å². The van der Waals surface area contributed by atoms with Gasteiger partial charge in [0.25, 0.3) is 0 Å². The first-order valence-corrected chi connectivity index (χ1v) is 9.14. The van der Waals surface area contributed by atoms with Crippen LogP contribution in [0.5, 0.6) is 11.5 Å². The predicted molar refractivity (Wildman–Crippen MR) is 110 cm³/mol. The minimum Gasteiger partial charge on any atom is -0.493 e. The van der Waals surface area contributed by atoms with Crippen LogP contribution in [0.15, 0.2) is 36.4 Å². The summed E-state index contributed by atoms with van der Waals surface area (Å²) in [6.45, 7) is 7.23. The Balaban J connectivity index is 2.03. The first-order valence-electron chi connectivity index (χ1n) is 9.14. The lowest BCUT2D eigenvalue weighted by Gasteiger charge is -2.20. The molecule has 27 heavy (non-hydrogen) atoms. The number of methoxy groups -OCH3 is 2. The number of nitrogens with zero attached hydrogens (tertiary/aromatic N) is 1. The van der Waals surface area contributed by atoms with Gasteiger partial charge in [0.1, 0.15) is 0 Å². The molecule has 146 valence electrons. The summed E-state index contributed by atoms with van der Waals surface area (Å²) in [4.78, 5) is 14.5. The number of rotatable bonds is 8. The summed E-state index contributed by atoms with van der Waals surface area (Å²) in [6.07, 6.45) is 0. The summed E-state index contributed by atoms with van der Waals surface area (Å²) in [7, 11) is 5.16. The lowest BCUT2D eigenvalue weighted by atomic mass is 9.98. The average Bonchev–Trinajstić information content (AvgIpc) is 2.62. The van der Waals surface area contributed by atoms with Gasteiger partial charge in [-0.2, -0.15) is 0 Å². The normalized spacial score (nSPS) is 11.0. The second kappa shape index (κ2) is 9.42. The van der Waals surface area contributed by atoms with E-state index in [1.54, 1.807) is 14.2 Å². The molecule has 0 aliphatic carbocycles. The van der Waals surface area contributed by atoms with Crippen molar-refractivity contribution in [1.29, 1.82) is 0 Å². The highest BCUT2D eigenvalue weighted by atomic mass is 16.5. The molecule has 0 heterocycles. The Labute approximate surface area is 162 Å². The summed E-state index contributed by atoms with van der Waals surface area (Å²) in [6, 6.07) is 11.9. The zero-order valence-electron chi connectivity index (χ0n) is 17.1. The molecule has 2 aromatic rings. The SMILES string of the molecule is COc1ccc(CN(C)CC(=O)Nc2c(C)cccc2C(C)C)cc1OC. The van der Waals surface area contributed by atoms with Crippen molar-refractivity contribution in [3.8, 4) is 11.5 Å². The molecule has 0 spiro atoms. The van der Waals surface area contributed by atoms with Crippen molar-refractivity contribution in [2.75, 3.05) is 33.1 Å². The first-order chi connectivity index (χ1) is 12.8. The van der Waals surface area contributed by atoms with Crippen LogP contribution in [-0.2, 0) is 11.3 Å². The van der Waals surface area contributed by atoms with Crippen LogP contribution in [0.25, 0.3) is 0 Å². The van der Waals surface area contributed by atoms with Crippen LogP contribution >= 0.6 is 0 Å². The van der Waals surface area contributed by atoms with Gasteiger partial charge in [0, 0.05) is 12.2 Å². The van der Waals surface area contributed by atoms with Gasteiger partial charge in [0.05, 0.1) is 20.8 Å². The smallest absolute Gasteiger partial charge is 0.238 e. The molecule has 1 N–H and O–H groups in total. The van der Waals surface area contributed by atoms with Crippen molar-refractivity contribution in [3.63, 3.8) is 0 Å². The van der Waals surface area contributed by atoms with Crippen LogP contribution in [-0.4, -0.2) is 38.6 Å². The maximum Gasteiger partial charge on any atom is 0.238 e. The maximum atomic E-state index is 12.6. The number of nitrogens with one attached hydrogen (secondary N) is 1. The van der Waals surface area contributed by atoms with Crippen LogP contribution in [0.2, 0.25) is 0 Å². The summed E-state index contributed by atoms with van der Waals surface area (Å²) in [5, 5.41) is 3.09. The van der Waals surface area contributed by atoms with E-state index in [2.05, 4.69) is 25.2 Å². The lowest BCUT2D eigenvalue weighted by molar-refractivity contribution is -0.117. The quantitative estimate of drug-likeness (QED) is 0.756. The Morgan fingerprint density at radius 1 is 1.11 bits per heavy atom. The van der Waals surface area contributed by atoms with E-state index in [0.717, 1.165) is 22.4 Å². The molecule has 0 saturated carbocycles. The number of aryl methyl sites for hydroxylation is 1. The van der Waals surface area contributed by atoms with E-state index in [0.29, 0.717) is 30.5 Å². The standard InChI is InChI=1S/C22H30N2O3/c1-15(2)18-9-7-8-16(3)22(18)23-21(25)14-24(4)13-17-10-11-19(26-5)20(12-17)27-6/h7-12,15H,13-14H2,1-6H3,(H,23,25). The molecule has 0 unspecified atom stereocenters. The van der Waals surface area contributed by atoms with Crippen molar-refractivity contribution in [2.24, 2.45) is 0 Å². The minimum absolute atomic E-state index is 0.0193. The largest absolute Gasteiger partial charge is 0.493 e. The molecule has 1 amide bonds. The molecule has 0 aromatic heterocycles. The Kier molecular flexibility index (Phi) is 7.25. The second-order valence-corrected chi connectivity index (χ2v) is 7.10. The van der Waals surface area contributed by atoms with E-state index in [4.69, 9.17) is 9.47 Å². The third-order valence-electron chi connectivity index (χ3n) is 4.51. The Bertz CT molecular complexity index is 787. The number of hydrogen-bond donors (Lipinski definition) is 1. The minimum atomic E-state index is -0.0193. The van der Waals surface area contributed by atoms with Gasteiger partial charge in [-0.1, -0.05) is 38.1 Å². The Morgan fingerprint density at radius 2 is 1.81 bits per heavy atom. The predicted octanol–water partition coefficient (Wildman–Crippen LogP) is 4.21. The van der Waals surface area contributed by atoms with E-state index in [1.807, 2.05) is 49.2 Å². The molecule has 2 rings (SSSR count). The fourth-order valence-corrected chi connectivity index (χ4v) is 3.11. The van der Waals surface area contributed by atoms with Crippen molar-refractivity contribution in [3.05, 3.63) is 53.1 Å². The summed E-state index contributed by atoms with van der Waals surface area (Å²) in [5.74, 6) is 1.72. The van der Waals surface area contributed by atoms with Gasteiger partial charge in [-0.25, -0.2) is 0 Å². The molecule has 5 nitrogen and oxygen atoms in total. The molecule has 0 fully saturated rings. The summed E-state index contributed by atoms with van der Waals surface area (Å²) in [5.41, 5.74) is 4.22. The number of para-hydroxylation sites is 1. The Hall–Kier alpha value is -2.53. The number of amides is 1. The number of carbonyl (C=O) groups excluding carboxylic acids is 1. The molecule has 2 aromatic carbocycles. The maximum absolute atomic E-state index is 12.6. The van der Waals surface area contributed by atoms with E-state index in [1.165, 1.54) is 0 Å². The topological polar surface area (TPSA) is 50.8 Å². The van der Waals surface area contributed by atoms with Crippen molar-refractivity contribution in [2.45, 2.75) is 33.2 Å². The number of likely N-dealkylation sites (N-methyl/N-ethyl adjacent to an activating group) is 1. The molecule has 0 saturated heterocycles. The van der Waals surface area contributed by atoms with Gasteiger partial charge < -0.3 is 14.8 Å². The van der Waals surface area contributed by atoms with Gasteiger partial charge in [-0.3, -0.25) is 9.69 Å².